The van der Waals surface area contributed by atoms with Gasteiger partial charge in [0.15, 0.2) is 12.4 Å². The molecule has 1 N–H and O–H groups in total. The molecule has 0 unspecified atom stereocenters. The van der Waals surface area contributed by atoms with Gasteiger partial charge in [0, 0.05) is 17.3 Å². The molecule has 0 amide bonds. The minimum atomic E-state index is -0.593. The van der Waals surface area contributed by atoms with Crippen LogP contribution in [0, 0.1) is 5.41 Å². The highest BCUT2D eigenvalue weighted by molar-refractivity contribution is 5.97. The van der Waals surface area contributed by atoms with Crippen LogP contribution in [0.25, 0.3) is 0 Å². The van der Waals surface area contributed by atoms with E-state index in [-0.39, 0.29) is 18.0 Å². The lowest BCUT2D eigenvalue weighted by Crippen LogP contribution is -2.26. The van der Waals surface area contributed by atoms with Crippen LogP contribution in [0.5, 0.6) is 5.75 Å². The van der Waals surface area contributed by atoms with E-state index in [1.807, 2.05) is 31.2 Å². The third kappa shape index (κ3) is 5.31. The summed E-state index contributed by atoms with van der Waals surface area (Å²) in [6.45, 7) is 7.60. The molecule has 26 heavy (non-hydrogen) atoms. The molecule has 0 aliphatic heterocycles. The van der Waals surface area contributed by atoms with Gasteiger partial charge in [-0.15, -0.1) is 0 Å². The zero-order valence-electron chi connectivity index (χ0n) is 15.5. The number of hydrogen-bond donors (Lipinski definition) is 1. The molecule has 0 saturated carbocycles. The average molecular weight is 356 g/mol. The second-order valence-electron chi connectivity index (χ2n) is 6.73. The number of Topliss-reactive ketones (excluding diaryl/α,β-unsaturated/α-hetero) is 1. The van der Waals surface area contributed by atoms with E-state index in [1.54, 1.807) is 39.1 Å². The third-order valence-corrected chi connectivity index (χ3v) is 3.63. The highest BCUT2D eigenvalue weighted by atomic mass is 16.5. The summed E-state index contributed by atoms with van der Waals surface area (Å²) in [5.41, 5.74) is 0.466. The van der Waals surface area contributed by atoms with Gasteiger partial charge in [-0.3, -0.25) is 4.79 Å². The largest absolute Gasteiger partial charge is 0.494 e. The highest BCUT2D eigenvalue weighted by Gasteiger charge is 2.23. The summed E-state index contributed by atoms with van der Waals surface area (Å²) in [4.78, 5) is 28.5. The first-order valence-electron chi connectivity index (χ1n) is 8.46. The topological polar surface area (TPSA) is 77.5 Å². The molecule has 0 aliphatic rings. The summed E-state index contributed by atoms with van der Waals surface area (Å²) >= 11 is 0. The number of pyridine rings is 1. The maximum atomic E-state index is 12.4. The summed E-state index contributed by atoms with van der Waals surface area (Å²) in [6, 6.07) is 10.6. The molecule has 0 bridgehead atoms. The number of hydrogen-bond acceptors (Lipinski definition) is 6. The van der Waals surface area contributed by atoms with Crippen molar-refractivity contribution in [1.82, 2.24) is 4.98 Å². The molecule has 0 aliphatic carbocycles. The van der Waals surface area contributed by atoms with E-state index in [0.717, 1.165) is 11.4 Å². The van der Waals surface area contributed by atoms with Gasteiger partial charge < -0.3 is 14.8 Å². The zero-order valence-corrected chi connectivity index (χ0v) is 15.5. The van der Waals surface area contributed by atoms with Crippen LogP contribution in [0.2, 0.25) is 0 Å². The van der Waals surface area contributed by atoms with Gasteiger partial charge in [0.05, 0.1) is 6.61 Å². The SMILES string of the molecule is CCOc1ccc(Nc2ncccc2C(=O)OCC(=O)C(C)(C)C)cc1. The Bertz CT molecular complexity index is 764. The van der Waals surface area contributed by atoms with Gasteiger partial charge in [0.1, 0.15) is 17.1 Å². The molecule has 1 aromatic heterocycles. The summed E-state index contributed by atoms with van der Waals surface area (Å²) < 4.78 is 10.6. The van der Waals surface area contributed by atoms with E-state index in [4.69, 9.17) is 9.47 Å². The Morgan fingerprint density at radius 3 is 2.42 bits per heavy atom. The van der Waals surface area contributed by atoms with Gasteiger partial charge >= 0.3 is 5.97 Å². The molecule has 0 fully saturated rings. The highest BCUT2D eigenvalue weighted by Crippen LogP contribution is 2.22. The fraction of sp³-hybridized carbons (Fsp3) is 0.350. The number of rotatable bonds is 7. The Kier molecular flexibility index (Phi) is 6.33. The molecule has 2 rings (SSSR count). The van der Waals surface area contributed by atoms with Crippen molar-refractivity contribution in [3.8, 4) is 5.75 Å². The van der Waals surface area contributed by atoms with Crippen molar-refractivity contribution in [2.24, 2.45) is 5.41 Å². The predicted molar refractivity (Wildman–Crippen MR) is 99.9 cm³/mol. The Labute approximate surface area is 153 Å². The van der Waals surface area contributed by atoms with Crippen molar-refractivity contribution in [2.75, 3.05) is 18.5 Å². The zero-order chi connectivity index (χ0) is 19.2. The van der Waals surface area contributed by atoms with E-state index < -0.39 is 11.4 Å². The standard InChI is InChI=1S/C20H24N2O4/c1-5-25-15-10-8-14(9-11-15)22-18-16(7-6-12-21-18)19(24)26-13-17(23)20(2,3)4/h6-12H,5,13H2,1-4H3,(H,21,22). The van der Waals surface area contributed by atoms with Gasteiger partial charge in [-0.1, -0.05) is 20.8 Å². The van der Waals surface area contributed by atoms with Crippen LogP contribution in [-0.2, 0) is 9.53 Å². The summed E-state index contributed by atoms with van der Waals surface area (Å²) in [7, 11) is 0. The number of nitrogens with one attached hydrogen (secondary N) is 1. The third-order valence-electron chi connectivity index (χ3n) is 3.63. The number of carbonyl (C=O) groups is 2. The fourth-order valence-electron chi connectivity index (χ4n) is 2.03. The lowest BCUT2D eigenvalue weighted by molar-refractivity contribution is -0.129. The van der Waals surface area contributed by atoms with Crippen molar-refractivity contribution in [1.29, 1.82) is 0 Å². The van der Waals surface area contributed by atoms with Gasteiger partial charge in [-0.05, 0) is 43.3 Å². The number of ketones is 1. The molecule has 6 nitrogen and oxygen atoms in total. The van der Waals surface area contributed by atoms with Crippen LogP contribution in [-0.4, -0.2) is 30.0 Å². The molecule has 0 radical (unpaired) electrons. The molecular weight excluding hydrogens is 332 g/mol. The lowest BCUT2D eigenvalue weighted by Gasteiger charge is -2.16. The van der Waals surface area contributed by atoms with Crippen LogP contribution in [0.1, 0.15) is 38.1 Å². The van der Waals surface area contributed by atoms with Crippen molar-refractivity contribution in [2.45, 2.75) is 27.7 Å². The number of nitrogens with zero attached hydrogens (tertiary/aromatic N) is 1. The quantitative estimate of drug-likeness (QED) is 0.756. The molecule has 0 spiro atoms. The molecule has 0 atom stereocenters. The molecule has 1 heterocycles. The first-order valence-corrected chi connectivity index (χ1v) is 8.46. The normalized spacial score (nSPS) is 10.9. The van der Waals surface area contributed by atoms with Gasteiger partial charge in [-0.2, -0.15) is 0 Å². The van der Waals surface area contributed by atoms with Gasteiger partial charge in [-0.25, -0.2) is 9.78 Å². The molecule has 6 heteroatoms. The monoisotopic (exact) mass is 356 g/mol. The van der Waals surface area contributed by atoms with Crippen molar-refractivity contribution >= 4 is 23.3 Å². The van der Waals surface area contributed by atoms with Crippen molar-refractivity contribution < 1.29 is 19.1 Å². The minimum Gasteiger partial charge on any atom is -0.494 e. The maximum absolute atomic E-state index is 12.4. The average Bonchev–Trinajstić information content (AvgIpc) is 2.61. The second kappa shape index (κ2) is 8.47. The molecule has 0 saturated heterocycles. The first kappa shape index (κ1) is 19.4. The maximum Gasteiger partial charge on any atom is 0.342 e. The Balaban J connectivity index is 2.09. The lowest BCUT2D eigenvalue weighted by atomic mass is 9.91. The fourth-order valence-corrected chi connectivity index (χ4v) is 2.03. The number of esters is 1. The van der Waals surface area contributed by atoms with E-state index in [0.29, 0.717) is 12.4 Å². The van der Waals surface area contributed by atoms with Crippen LogP contribution >= 0.6 is 0 Å². The van der Waals surface area contributed by atoms with Crippen molar-refractivity contribution in [3.05, 3.63) is 48.2 Å². The summed E-state index contributed by atoms with van der Waals surface area (Å²) in [5, 5.41) is 3.09. The first-order chi connectivity index (χ1) is 12.3. The van der Waals surface area contributed by atoms with E-state index in [2.05, 4.69) is 10.3 Å². The van der Waals surface area contributed by atoms with Crippen LogP contribution < -0.4 is 10.1 Å². The smallest absolute Gasteiger partial charge is 0.342 e. The summed E-state index contributed by atoms with van der Waals surface area (Å²) in [5.74, 6) is 0.393. The molecular formula is C20H24N2O4. The number of carbonyl (C=O) groups excluding carboxylic acids is 2. The Hall–Kier alpha value is -2.89. The number of aromatic nitrogens is 1. The number of anilines is 2. The van der Waals surface area contributed by atoms with E-state index >= 15 is 0 Å². The van der Waals surface area contributed by atoms with Gasteiger partial charge in [0.25, 0.3) is 0 Å². The van der Waals surface area contributed by atoms with E-state index in [1.165, 1.54) is 0 Å². The van der Waals surface area contributed by atoms with Crippen molar-refractivity contribution in [3.63, 3.8) is 0 Å². The van der Waals surface area contributed by atoms with Crippen LogP contribution in [0.15, 0.2) is 42.6 Å². The Morgan fingerprint density at radius 2 is 1.81 bits per heavy atom. The predicted octanol–water partition coefficient (Wildman–Crippen LogP) is 4.00. The second-order valence-corrected chi connectivity index (χ2v) is 6.73. The van der Waals surface area contributed by atoms with Gasteiger partial charge in [0.2, 0.25) is 0 Å². The van der Waals surface area contributed by atoms with E-state index in [9.17, 15) is 9.59 Å². The molecule has 138 valence electrons. The van der Waals surface area contributed by atoms with Crippen LogP contribution in [0.4, 0.5) is 11.5 Å². The number of ether oxygens (including phenoxy) is 2. The molecule has 2 aromatic rings. The summed E-state index contributed by atoms with van der Waals surface area (Å²) in [6.07, 6.45) is 1.58. The number of benzene rings is 1. The van der Waals surface area contributed by atoms with Crippen LogP contribution in [0.3, 0.4) is 0 Å². The molecule has 1 aromatic carbocycles. The minimum absolute atomic E-state index is 0.143. The Morgan fingerprint density at radius 1 is 1.12 bits per heavy atom.